The molecule has 0 saturated heterocycles. The van der Waals surface area contributed by atoms with Crippen LogP contribution in [0.5, 0.6) is 0 Å². The van der Waals surface area contributed by atoms with Crippen LogP contribution in [0.2, 0.25) is 0 Å². The van der Waals surface area contributed by atoms with Crippen molar-refractivity contribution in [3.05, 3.63) is 80.6 Å². The van der Waals surface area contributed by atoms with Crippen LogP contribution in [0.25, 0.3) is 10.9 Å². The van der Waals surface area contributed by atoms with Crippen molar-refractivity contribution in [1.82, 2.24) is 15.0 Å². The summed E-state index contributed by atoms with van der Waals surface area (Å²) in [5.74, 6) is -0.647. The minimum absolute atomic E-state index is 0.0841. The molecule has 0 aliphatic heterocycles. The number of sulfonamides is 1. The fourth-order valence-electron chi connectivity index (χ4n) is 2.64. The summed E-state index contributed by atoms with van der Waals surface area (Å²) in [6.45, 7) is -0.249. The maximum absolute atomic E-state index is 12.4. The second-order valence-corrected chi connectivity index (χ2v) is 7.75. The molecule has 150 valence electrons. The van der Waals surface area contributed by atoms with Crippen molar-refractivity contribution in [2.24, 2.45) is 0 Å². The van der Waals surface area contributed by atoms with Crippen LogP contribution in [0, 0.1) is 10.1 Å². The molecule has 0 radical (unpaired) electrons. The fraction of sp³-hybridized carbons (Fsp3) is 0.111. The number of nitro benzene ring substituents is 1. The first kappa shape index (κ1) is 20.2. The number of hydrogen-bond acceptors (Lipinski definition) is 6. The van der Waals surface area contributed by atoms with Gasteiger partial charge in [-0.1, -0.05) is 18.2 Å². The van der Waals surface area contributed by atoms with Gasteiger partial charge in [-0.15, -0.1) is 0 Å². The number of nitrogens with one attached hydrogen (secondary N) is 3. The quantitative estimate of drug-likeness (QED) is 0.298. The lowest BCUT2D eigenvalue weighted by Gasteiger charge is -2.08. The van der Waals surface area contributed by atoms with Gasteiger partial charge in [0.05, 0.1) is 9.82 Å². The minimum atomic E-state index is -3.99. The average molecular weight is 416 g/mol. The topological polar surface area (TPSA) is 151 Å². The van der Waals surface area contributed by atoms with Gasteiger partial charge in [0, 0.05) is 42.3 Å². The number of rotatable bonds is 7. The highest BCUT2D eigenvalue weighted by Gasteiger charge is 2.17. The van der Waals surface area contributed by atoms with Gasteiger partial charge in [-0.25, -0.2) is 13.1 Å². The van der Waals surface area contributed by atoms with Crippen molar-refractivity contribution in [3.63, 3.8) is 0 Å². The number of pyridine rings is 1. The van der Waals surface area contributed by atoms with Gasteiger partial charge in [-0.3, -0.25) is 19.7 Å². The van der Waals surface area contributed by atoms with E-state index in [1.165, 1.54) is 24.4 Å². The number of nitro groups is 1. The average Bonchev–Trinajstić information content (AvgIpc) is 2.71. The van der Waals surface area contributed by atoms with Crippen LogP contribution in [0.4, 0.5) is 5.69 Å². The predicted molar refractivity (Wildman–Crippen MR) is 105 cm³/mol. The SMILES string of the molecule is O=C(NCCNS(=O)(=O)c1cccc([N+](=O)[O-])c1)c1c[nH]c2ccccc2c1=O. The zero-order valence-electron chi connectivity index (χ0n) is 14.9. The summed E-state index contributed by atoms with van der Waals surface area (Å²) < 4.78 is 26.7. The Labute approximate surface area is 164 Å². The smallest absolute Gasteiger partial charge is 0.270 e. The number of benzene rings is 2. The molecule has 0 saturated carbocycles. The molecule has 10 nitrogen and oxygen atoms in total. The summed E-state index contributed by atoms with van der Waals surface area (Å²) in [4.78, 5) is 37.3. The molecule has 3 N–H and O–H groups in total. The van der Waals surface area contributed by atoms with Gasteiger partial charge in [0.15, 0.2) is 0 Å². The largest absolute Gasteiger partial charge is 0.360 e. The molecule has 0 spiro atoms. The van der Waals surface area contributed by atoms with E-state index in [0.29, 0.717) is 10.9 Å². The molecule has 0 atom stereocenters. The summed E-state index contributed by atoms with van der Waals surface area (Å²) in [5, 5.41) is 13.6. The summed E-state index contributed by atoms with van der Waals surface area (Å²) in [5.41, 5.74) is -0.283. The van der Waals surface area contributed by atoms with Crippen LogP contribution in [-0.4, -0.2) is 37.3 Å². The Morgan fingerprint density at radius 3 is 2.62 bits per heavy atom. The number of para-hydroxylation sites is 1. The monoisotopic (exact) mass is 416 g/mol. The van der Waals surface area contributed by atoms with E-state index < -0.39 is 26.3 Å². The number of amides is 1. The van der Waals surface area contributed by atoms with Gasteiger partial charge in [-0.05, 0) is 18.2 Å². The van der Waals surface area contributed by atoms with E-state index in [2.05, 4.69) is 15.0 Å². The Morgan fingerprint density at radius 2 is 1.86 bits per heavy atom. The molecule has 0 aliphatic carbocycles. The first-order valence-electron chi connectivity index (χ1n) is 8.42. The number of aromatic nitrogens is 1. The van der Waals surface area contributed by atoms with Gasteiger partial charge < -0.3 is 10.3 Å². The van der Waals surface area contributed by atoms with Crippen molar-refractivity contribution < 1.29 is 18.1 Å². The third-order valence-corrected chi connectivity index (χ3v) is 5.53. The van der Waals surface area contributed by atoms with Crippen LogP contribution >= 0.6 is 0 Å². The third kappa shape index (κ3) is 4.47. The molecule has 0 fully saturated rings. The van der Waals surface area contributed by atoms with Crippen molar-refractivity contribution in [3.8, 4) is 0 Å². The summed E-state index contributed by atoms with van der Waals surface area (Å²) in [6, 6.07) is 11.4. The molecule has 0 aliphatic rings. The Bertz CT molecular complexity index is 1250. The van der Waals surface area contributed by atoms with Crippen LogP contribution in [-0.2, 0) is 10.0 Å². The molecule has 1 heterocycles. The fourth-order valence-corrected chi connectivity index (χ4v) is 3.71. The molecule has 0 bridgehead atoms. The van der Waals surface area contributed by atoms with Gasteiger partial charge in [0.1, 0.15) is 5.56 Å². The maximum Gasteiger partial charge on any atom is 0.270 e. The number of fused-ring (bicyclic) bond motifs is 1. The number of aromatic amines is 1. The van der Waals surface area contributed by atoms with E-state index in [-0.39, 0.29) is 29.2 Å². The summed E-state index contributed by atoms with van der Waals surface area (Å²) >= 11 is 0. The normalized spacial score (nSPS) is 11.3. The van der Waals surface area contributed by atoms with Crippen LogP contribution in [0.3, 0.4) is 0 Å². The lowest BCUT2D eigenvalue weighted by Crippen LogP contribution is -2.36. The van der Waals surface area contributed by atoms with E-state index in [0.717, 1.165) is 6.07 Å². The molecule has 0 unspecified atom stereocenters. The molecule has 29 heavy (non-hydrogen) atoms. The number of hydrogen-bond donors (Lipinski definition) is 3. The van der Waals surface area contributed by atoms with Crippen molar-refractivity contribution in [2.45, 2.75) is 4.90 Å². The number of carbonyl (C=O) groups is 1. The second-order valence-electron chi connectivity index (χ2n) is 5.99. The molecule has 1 amide bonds. The van der Waals surface area contributed by atoms with Gasteiger partial charge in [-0.2, -0.15) is 0 Å². The van der Waals surface area contributed by atoms with Crippen molar-refractivity contribution in [2.75, 3.05) is 13.1 Å². The van der Waals surface area contributed by atoms with E-state index in [1.807, 2.05) is 0 Å². The van der Waals surface area contributed by atoms with Gasteiger partial charge in [0.25, 0.3) is 11.6 Å². The van der Waals surface area contributed by atoms with Crippen molar-refractivity contribution >= 4 is 32.5 Å². The lowest BCUT2D eigenvalue weighted by atomic mass is 10.1. The van der Waals surface area contributed by atoms with Crippen LogP contribution in [0.15, 0.2) is 64.4 Å². The molecular formula is C18H16N4O6S. The standard InChI is InChI=1S/C18H16N4O6S/c23-17-14-6-1-2-7-16(14)20-11-15(17)18(24)19-8-9-21-29(27,28)13-5-3-4-12(10-13)22(25)26/h1-7,10-11,21H,8-9H2,(H,19,24)(H,20,23). The number of H-pyrrole nitrogens is 1. The Hall–Kier alpha value is -3.57. The maximum atomic E-state index is 12.4. The third-order valence-electron chi connectivity index (χ3n) is 4.07. The predicted octanol–water partition coefficient (Wildman–Crippen LogP) is 1.14. The van der Waals surface area contributed by atoms with Gasteiger partial charge >= 0.3 is 0 Å². The first-order valence-corrected chi connectivity index (χ1v) is 9.90. The molecular weight excluding hydrogens is 400 g/mol. The van der Waals surface area contributed by atoms with E-state index in [4.69, 9.17) is 0 Å². The molecule has 3 aromatic rings. The molecule has 11 heteroatoms. The lowest BCUT2D eigenvalue weighted by molar-refractivity contribution is -0.385. The highest BCUT2D eigenvalue weighted by Crippen LogP contribution is 2.16. The minimum Gasteiger partial charge on any atom is -0.360 e. The summed E-state index contributed by atoms with van der Waals surface area (Å²) in [7, 11) is -3.99. The van der Waals surface area contributed by atoms with Crippen LogP contribution in [0.1, 0.15) is 10.4 Å². The van der Waals surface area contributed by atoms with Gasteiger partial charge in [0.2, 0.25) is 15.5 Å². The zero-order chi connectivity index (χ0) is 21.0. The number of non-ortho nitro benzene ring substituents is 1. The van der Waals surface area contributed by atoms with Crippen LogP contribution < -0.4 is 15.5 Å². The number of carbonyl (C=O) groups excluding carboxylic acids is 1. The van der Waals surface area contributed by atoms with Crippen molar-refractivity contribution in [1.29, 1.82) is 0 Å². The van der Waals surface area contributed by atoms with E-state index in [9.17, 15) is 28.1 Å². The highest BCUT2D eigenvalue weighted by atomic mass is 32.2. The first-order chi connectivity index (χ1) is 13.8. The summed E-state index contributed by atoms with van der Waals surface area (Å²) in [6.07, 6.45) is 1.30. The Balaban J connectivity index is 1.62. The zero-order valence-corrected chi connectivity index (χ0v) is 15.7. The molecule has 3 rings (SSSR count). The molecule has 1 aromatic heterocycles. The Morgan fingerprint density at radius 1 is 1.10 bits per heavy atom. The Kier molecular flexibility index (Phi) is 5.71. The van der Waals surface area contributed by atoms with E-state index in [1.54, 1.807) is 24.3 Å². The highest BCUT2D eigenvalue weighted by molar-refractivity contribution is 7.89. The second kappa shape index (κ2) is 8.20. The number of nitrogens with zero attached hydrogens (tertiary/aromatic N) is 1. The van der Waals surface area contributed by atoms with E-state index >= 15 is 0 Å². The molecule has 2 aromatic carbocycles.